The van der Waals surface area contributed by atoms with E-state index in [4.69, 9.17) is 4.74 Å². The second-order valence-corrected chi connectivity index (χ2v) is 7.07. The Morgan fingerprint density at radius 1 is 1.26 bits per heavy atom. The van der Waals surface area contributed by atoms with Crippen LogP contribution < -0.4 is 5.32 Å². The number of carbonyl (C=O) groups is 2. The number of nitrogens with one attached hydrogen (secondary N) is 1. The van der Waals surface area contributed by atoms with E-state index in [2.05, 4.69) is 29.8 Å². The van der Waals surface area contributed by atoms with Crippen molar-refractivity contribution in [2.75, 3.05) is 6.61 Å². The van der Waals surface area contributed by atoms with Crippen molar-refractivity contribution in [1.82, 2.24) is 9.88 Å². The number of aromatic nitrogens is 1. The molecule has 1 amide bonds. The second kappa shape index (κ2) is 8.25. The molecule has 1 heterocycles. The van der Waals surface area contributed by atoms with E-state index < -0.39 is 5.97 Å². The van der Waals surface area contributed by atoms with Crippen LogP contribution in [0.15, 0.2) is 42.5 Å². The molecule has 0 unspecified atom stereocenters. The highest BCUT2D eigenvalue weighted by Crippen LogP contribution is 2.38. The Labute approximate surface area is 160 Å². The third kappa shape index (κ3) is 4.88. The molecule has 1 aliphatic carbocycles. The average Bonchev–Trinajstić information content (AvgIpc) is 3.44. The number of amides is 1. The van der Waals surface area contributed by atoms with Crippen molar-refractivity contribution in [3.05, 3.63) is 65.0 Å². The molecule has 5 nitrogen and oxygen atoms in total. The van der Waals surface area contributed by atoms with Crippen molar-refractivity contribution in [3.8, 4) is 0 Å². The first-order valence-electron chi connectivity index (χ1n) is 9.33. The smallest absolute Gasteiger partial charge is 0.331 e. The first-order valence-corrected chi connectivity index (χ1v) is 9.33. The highest BCUT2D eigenvalue weighted by molar-refractivity contribution is 5.89. The number of hydrogen-bond donors (Lipinski definition) is 1. The van der Waals surface area contributed by atoms with Crippen LogP contribution in [0.4, 0.5) is 0 Å². The molecule has 0 bridgehead atoms. The summed E-state index contributed by atoms with van der Waals surface area (Å²) in [5.74, 6) is -0.839. The van der Waals surface area contributed by atoms with E-state index in [0.29, 0.717) is 6.04 Å². The molecule has 0 aliphatic heterocycles. The fraction of sp³-hybridized carbons (Fsp3) is 0.364. The maximum Gasteiger partial charge on any atom is 0.331 e. The van der Waals surface area contributed by atoms with E-state index in [0.717, 1.165) is 16.8 Å². The second-order valence-electron chi connectivity index (χ2n) is 7.07. The van der Waals surface area contributed by atoms with E-state index in [-0.39, 0.29) is 18.6 Å². The Bertz CT molecular complexity index is 848. The third-order valence-corrected chi connectivity index (χ3v) is 4.86. The largest absolute Gasteiger partial charge is 0.452 e. The number of hydrogen-bond acceptors (Lipinski definition) is 3. The van der Waals surface area contributed by atoms with Gasteiger partial charge in [0.25, 0.3) is 5.91 Å². The van der Waals surface area contributed by atoms with Crippen LogP contribution in [0.25, 0.3) is 6.08 Å². The van der Waals surface area contributed by atoms with Crippen molar-refractivity contribution in [3.63, 3.8) is 0 Å². The fourth-order valence-corrected chi connectivity index (χ4v) is 3.32. The molecule has 1 aromatic carbocycles. The number of nitrogens with zero attached hydrogens (tertiary/aromatic N) is 1. The number of rotatable bonds is 7. The van der Waals surface area contributed by atoms with Crippen LogP contribution in [0.5, 0.6) is 0 Å². The summed E-state index contributed by atoms with van der Waals surface area (Å²) >= 11 is 0. The van der Waals surface area contributed by atoms with Gasteiger partial charge in [0.15, 0.2) is 6.61 Å². The van der Waals surface area contributed by atoms with Crippen molar-refractivity contribution in [2.24, 2.45) is 0 Å². The van der Waals surface area contributed by atoms with Gasteiger partial charge < -0.3 is 14.6 Å². The van der Waals surface area contributed by atoms with E-state index in [1.54, 1.807) is 6.08 Å². The molecule has 142 valence electrons. The number of esters is 1. The normalized spacial score (nSPS) is 14.9. The van der Waals surface area contributed by atoms with Gasteiger partial charge in [0.2, 0.25) is 0 Å². The molecule has 2 aromatic rings. The van der Waals surface area contributed by atoms with Gasteiger partial charge in [-0.25, -0.2) is 4.79 Å². The van der Waals surface area contributed by atoms with E-state index in [9.17, 15) is 9.59 Å². The highest BCUT2D eigenvalue weighted by Gasteiger charge is 2.26. The lowest BCUT2D eigenvalue weighted by atomic mass is 10.1. The summed E-state index contributed by atoms with van der Waals surface area (Å²) in [6, 6.07) is 12.2. The average molecular weight is 366 g/mol. The van der Waals surface area contributed by atoms with Gasteiger partial charge in [-0.1, -0.05) is 30.3 Å². The van der Waals surface area contributed by atoms with Gasteiger partial charge in [0, 0.05) is 23.5 Å². The summed E-state index contributed by atoms with van der Waals surface area (Å²) in [4.78, 5) is 23.9. The van der Waals surface area contributed by atoms with Crippen LogP contribution in [0.1, 0.15) is 54.4 Å². The number of ether oxygens (including phenoxy) is 1. The molecule has 0 saturated heterocycles. The van der Waals surface area contributed by atoms with E-state index >= 15 is 0 Å². The van der Waals surface area contributed by atoms with Gasteiger partial charge in [-0.05, 0) is 56.9 Å². The van der Waals surface area contributed by atoms with E-state index in [1.807, 2.05) is 37.3 Å². The van der Waals surface area contributed by atoms with Crippen molar-refractivity contribution in [2.45, 2.75) is 45.7 Å². The number of aryl methyl sites for hydroxylation is 1. The summed E-state index contributed by atoms with van der Waals surface area (Å²) in [6.45, 7) is 5.75. The fourth-order valence-electron chi connectivity index (χ4n) is 3.32. The van der Waals surface area contributed by atoms with Gasteiger partial charge in [-0.15, -0.1) is 0 Å². The zero-order chi connectivity index (χ0) is 19.4. The van der Waals surface area contributed by atoms with Gasteiger partial charge >= 0.3 is 5.97 Å². The molecule has 3 rings (SSSR count). The summed E-state index contributed by atoms with van der Waals surface area (Å²) < 4.78 is 7.38. The summed E-state index contributed by atoms with van der Waals surface area (Å²) in [5, 5.41) is 2.82. The molecule has 1 atom stereocenters. The van der Waals surface area contributed by atoms with Crippen LogP contribution in [-0.4, -0.2) is 23.1 Å². The molecule has 1 fully saturated rings. The molecule has 1 aliphatic rings. The quantitative estimate of drug-likeness (QED) is 0.598. The summed E-state index contributed by atoms with van der Waals surface area (Å²) in [6.07, 6.45) is 5.58. The Hall–Kier alpha value is -2.82. The van der Waals surface area contributed by atoms with Crippen LogP contribution >= 0.6 is 0 Å². The van der Waals surface area contributed by atoms with Crippen LogP contribution in [0.2, 0.25) is 0 Å². The zero-order valence-electron chi connectivity index (χ0n) is 16.1. The maximum atomic E-state index is 12.0. The topological polar surface area (TPSA) is 60.3 Å². The van der Waals surface area contributed by atoms with Crippen LogP contribution in [0, 0.1) is 13.8 Å². The number of benzene rings is 1. The molecule has 0 spiro atoms. The molecule has 27 heavy (non-hydrogen) atoms. The Morgan fingerprint density at radius 3 is 2.63 bits per heavy atom. The first kappa shape index (κ1) is 19.0. The Kier molecular flexibility index (Phi) is 5.79. The van der Waals surface area contributed by atoms with E-state index in [1.165, 1.54) is 24.6 Å². The lowest BCUT2D eigenvalue weighted by molar-refractivity contribution is -0.144. The molecule has 1 saturated carbocycles. The number of carbonyl (C=O) groups excluding carboxylic acids is 2. The predicted molar refractivity (Wildman–Crippen MR) is 105 cm³/mol. The third-order valence-electron chi connectivity index (χ3n) is 4.86. The highest BCUT2D eigenvalue weighted by atomic mass is 16.5. The SMILES string of the molecule is Cc1cc(/C=C/C(=O)OCC(=O)N[C@H](C)c2ccccc2)c(C)n1C1CC1. The molecular formula is C22H26N2O3. The zero-order valence-corrected chi connectivity index (χ0v) is 16.1. The molecular weight excluding hydrogens is 340 g/mol. The van der Waals surface area contributed by atoms with Crippen molar-refractivity contribution >= 4 is 18.0 Å². The Balaban J connectivity index is 1.49. The molecule has 1 aromatic heterocycles. The van der Waals surface area contributed by atoms with Crippen LogP contribution in [-0.2, 0) is 14.3 Å². The summed E-state index contributed by atoms with van der Waals surface area (Å²) in [5.41, 5.74) is 4.38. The molecule has 0 radical (unpaired) electrons. The van der Waals surface area contributed by atoms with Gasteiger partial charge in [0.1, 0.15) is 0 Å². The standard InChI is InChI=1S/C22H26N2O3/c1-15-13-19(17(3)24(15)20-10-11-20)9-12-22(26)27-14-21(25)23-16(2)18-7-5-4-6-8-18/h4-9,12-13,16,20H,10-11,14H2,1-3H3,(H,23,25)/b12-9+/t16-/m1/s1. The van der Waals surface area contributed by atoms with Crippen molar-refractivity contribution in [1.29, 1.82) is 0 Å². The molecule has 5 heteroatoms. The maximum absolute atomic E-state index is 12.0. The summed E-state index contributed by atoms with van der Waals surface area (Å²) in [7, 11) is 0. The van der Waals surface area contributed by atoms with Crippen molar-refractivity contribution < 1.29 is 14.3 Å². The minimum absolute atomic E-state index is 0.138. The van der Waals surface area contributed by atoms with Gasteiger partial charge in [-0.3, -0.25) is 4.79 Å². The minimum Gasteiger partial charge on any atom is -0.452 e. The van der Waals surface area contributed by atoms with Crippen LogP contribution in [0.3, 0.4) is 0 Å². The van der Waals surface area contributed by atoms with Gasteiger partial charge in [-0.2, -0.15) is 0 Å². The first-order chi connectivity index (χ1) is 13.0. The van der Waals surface area contributed by atoms with Gasteiger partial charge in [0.05, 0.1) is 6.04 Å². The minimum atomic E-state index is -0.520. The predicted octanol–water partition coefficient (Wildman–Crippen LogP) is 3.87. The monoisotopic (exact) mass is 366 g/mol. The lowest BCUT2D eigenvalue weighted by Gasteiger charge is -2.13. The molecule has 1 N–H and O–H groups in total. The lowest BCUT2D eigenvalue weighted by Crippen LogP contribution is -2.30. The Morgan fingerprint density at radius 2 is 1.96 bits per heavy atom.